The Hall–Kier alpha value is -1.94. The van der Waals surface area contributed by atoms with Gasteiger partial charge < -0.3 is 0 Å². The third-order valence-electron chi connectivity index (χ3n) is 1.91. The molecule has 2 rings (SSSR count). The molecule has 0 aliphatic heterocycles. The van der Waals surface area contributed by atoms with Crippen LogP contribution in [0.5, 0.6) is 0 Å². The number of hydrogen-bond donors (Lipinski definition) is 0. The summed E-state index contributed by atoms with van der Waals surface area (Å²) in [6, 6.07) is 11.4. The van der Waals surface area contributed by atoms with Crippen molar-refractivity contribution in [3.63, 3.8) is 0 Å². The van der Waals surface area contributed by atoms with E-state index < -0.39 is 0 Å². The molecule has 0 spiro atoms. The molecule has 1 aromatic carbocycles. The molecule has 0 N–H and O–H groups in total. The van der Waals surface area contributed by atoms with Gasteiger partial charge in [-0.15, -0.1) is 0 Å². The normalized spacial score (nSPS) is 9.93. The van der Waals surface area contributed by atoms with E-state index >= 15 is 0 Å². The first kappa shape index (κ1) is 9.61. The minimum Gasteiger partial charge on any atom is -0.269 e. The van der Waals surface area contributed by atoms with Crippen LogP contribution in [0.3, 0.4) is 0 Å². The van der Waals surface area contributed by atoms with Crippen LogP contribution in [0.15, 0.2) is 48.8 Å². The summed E-state index contributed by atoms with van der Waals surface area (Å²) in [6.07, 6.45) is 3.36. The maximum atomic E-state index is 5.23. The van der Waals surface area contributed by atoms with Crippen molar-refractivity contribution in [3.05, 3.63) is 48.8 Å². The quantitative estimate of drug-likeness (QED) is 0.713. The van der Waals surface area contributed by atoms with Crippen molar-refractivity contribution in [1.29, 1.82) is 0 Å². The van der Waals surface area contributed by atoms with Gasteiger partial charge in [0.15, 0.2) is 0 Å². The van der Waals surface area contributed by atoms with Gasteiger partial charge >= 0.3 is 0 Å². The van der Waals surface area contributed by atoms with Crippen LogP contribution in [0.1, 0.15) is 0 Å². The molecule has 0 aliphatic carbocycles. The molecule has 0 atom stereocenters. The minimum absolute atomic E-state index is 0.520. The molecule has 0 radical (unpaired) electrons. The van der Waals surface area contributed by atoms with Crippen LogP contribution in [0.2, 0.25) is 0 Å². The van der Waals surface area contributed by atoms with E-state index in [4.69, 9.17) is 4.84 Å². The molecule has 0 fully saturated rings. The molecule has 4 nitrogen and oxygen atoms in total. The lowest BCUT2D eigenvalue weighted by Gasteiger charge is -2.18. The van der Waals surface area contributed by atoms with Gasteiger partial charge in [-0.3, -0.25) is 4.84 Å². The molecular weight excluding hydrogens is 190 g/mol. The van der Waals surface area contributed by atoms with Crippen LogP contribution in [-0.4, -0.2) is 17.1 Å². The van der Waals surface area contributed by atoms with Gasteiger partial charge in [0, 0.05) is 12.4 Å². The van der Waals surface area contributed by atoms with Crippen LogP contribution < -0.4 is 5.06 Å². The van der Waals surface area contributed by atoms with Gasteiger partial charge in [0.1, 0.15) is 0 Å². The first-order valence-electron chi connectivity index (χ1n) is 4.58. The standard InChI is InChI=1S/C11H11N3O/c1-15-14(10-6-3-2-4-7-10)11-12-8-5-9-13-11/h2-9H,1H3. The molecule has 0 aliphatic rings. The van der Waals surface area contributed by atoms with Gasteiger partial charge in [0.2, 0.25) is 0 Å². The van der Waals surface area contributed by atoms with E-state index in [0.29, 0.717) is 5.95 Å². The highest BCUT2D eigenvalue weighted by Crippen LogP contribution is 2.20. The topological polar surface area (TPSA) is 38.2 Å². The second-order valence-corrected chi connectivity index (χ2v) is 2.86. The maximum absolute atomic E-state index is 5.23. The molecular formula is C11H11N3O. The Bertz CT molecular complexity index is 365. The number of hydrogen-bond acceptors (Lipinski definition) is 4. The zero-order valence-corrected chi connectivity index (χ0v) is 8.37. The summed E-state index contributed by atoms with van der Waals surface area (Å²) in [5.74, 6) is 0.520. The first-order valence-corrected chi connectivity index (χ1v) is 4.58. The Morgan fingerprint density at radius 1 is 1.00 bits per heavy atom. The molecule has 15 heavy (non-hydrogen) atoms. The van der Waals surface area contributed by atoms with Gasteiger partial charge in [-0.25, -0.2) is 9.97 Å². The zero-order chi connectivity index (χ0) is 10.5. The second-order valence-electron chi connectivity index (χ2n) is 2.86. The molecule has 4 heteroatoms. The van der Waals surface area contributed by atoms with Gasteiger partial charge in [0.05, 0.1) is 12.8 Å². The molecule has 0 unspecified atom stereocenters. The van der Waals surface area contributed by atoms with Crippen LogP contribution in [0.4, 0.5) is 11.6 Å². The summed E-state index contributed by atoms with van der Waals surface area (Å²) in [7, 11) is 1.59. The van der Waals surface area contributed by atoms with Crippen molar-refractivity contribution in [1.82, 2.24) is 9.97 Å². The highest BCUT2D eigenvalue weighted by Gasteiger charge is 2.09. The first-order chi connectivity index (χ1) is 7.42. The fourth-order valence-corrected chi connectivity index (χ4v) is 1.26. The fraction of sp³-hybridized carbons (Fsp3) is 0.0909. The predicted octanol–water partition coefficient (Wildman–Crippen LogP) is 2.18. The van der Waals surface area contributed by atoms with Crippen molar-refractivity contribution in [2.75, 3.05) is 12.2 Å². The largest absolute Gasteiger partial charge is 0.269 e. The summed E-state index contributed by atoms with van der Waals surface area (Å²) >= 11 is 0. The van der Waals surface area contributed by atoms with Gasteiger partial charge in [0.25, 0.3) is 5.95 Å². The van der Waals surface area contributed by atoms with Crippen LogP contribution in [0.25, 0.3) is 0 Å². The monoisotopic (exact) mass is 201 g/mol. The number of nitrogens with zero attached hydrogens (tertiary/aromatic N) is 3. The van der Waals surface area contributed by atoms with Crippen molar-refractivity contribution in [2.24, 2.45) is 0 Å². The fourth-order valence-electron chi connectivity index (χ4n) is 1.26. The average molecular weight is 201 g/mol. The van der Waals surface area contributed by atoms with Crippen molar-refractivity contribution in [2.45, 2.75) is 0 Å². The third kappa shape index (κ3) is 2.11. The Morgan fingerprint density at radius 2 is 1.67 bits per heavy atom. The van der Waals surface area contributed by atoms with E-state index in [9.17, 15) is 0 Å². The molecule has 1 heterocycles. The Balaban J connectivity index is 2.34. The highest BCUT2D eigenvalue weighted by atomic mass is 16.7. The smallest absolute Gasteiger partial charge is 0.254 e. The molecule has 0 saturated carbocycles. The molecule has 2 aromatic rings. The summed E-state index contributed by atoms with van der Waals surface area (Å²) in [4.78, 5) is 13.5. The summed E-state index contributed by atoms with van der Waals surface area (Å²) in [5, 5.41) is 1.57. The van der Waals surface area contributed by atoms with Gasteiger partial charge in [-0.1, -0.05) is 18.2 Å². The Morgan fingerprint density at radius 3 is 2.27 bits per heavy atom. The van der Waals surface area contributed by atoms with E-state index in [1.807, 2.05) is 30.3 Å². The minimum atomic E-state index is 0.520. The zero-order valence-electron chi connectivity index (χ0n) is 8.37. The summed E-state index contributed by atoms with van der Waals surface area (Å²) < 4.78 is 0. The lowest BCUT2D eigenvalue weighted by Crippen LogP contribution is -2.17. The molecule has 76 valence electrons. The van der Waals surface area contributed by atoms with Crippen LogP contribution in [0, 0.1) is 0 Å². The second kappa shape index (κ2) is 4.52. The molecule has 0 amide bonds. The van der Waals surface area contributed by atoms with E-state index in [1.54, 1.807) is 30.6 Å². The lowest BCUT2D eigenvalue weighted by atomic mass is 10.3. The van der Waals surface area contributed by atoms with Crippen molar-refractivity contribution in [3.8, 4) is 0 Å². The summed E-state index contributed by atoms with van der Waals surface area (Å²) in [6.45, 7) is 0. The van der Waals surface area contributed by atoms with Crippen LogP contribution >= 0.6 is 0 Å². The Kier molecular flexibility index (Phi) is 2.90. The highest BCUT2D eigenvalue weighted by molar-refractivity contribution is 5.53. The van der Waals surface area contributed by atoms with Gasteiger partial charge in [-0.2, -0.15) is 5.06 Å². The SMILES string of the molecule is CON(c1ccccc1)c1ncccn1. The molecule has 1 aromatic heterocycles. The molecule has 0 saturated heterocycles. The van der Waals surface area contributed by atoms with E-state index in [0.717, 1.165) is 5.69 Å². The van der Waals surface area contributed by atoms with Crippen LogP contribution in [-0.2, 0) is 4.84 Å². The number of para-hydroxylation sites is 1. The van der Waals surface area contributed by atoms with Crippen molar-refractivity contribution >= 4 is 11.6 Å². The Labute approximate surface area is 88.1 Å². The summed E-state index contributed by atoms with van der Waals surface area (Å²) in [5.41, 5.74) is 0.895. The van der Waals surface area contributed by atoms with Gasteiger partial charge in [-0.05, 0) is 18.2 Å². The molecule has 0 bridgehead atoms. The lowest BCUT2D eigenvalue weighted by molar-refractivity contribution is 0.197. The predicted molar refractivity (Wildman–Crippen MR) is 57.6 cm³/mol. The number of rotatable bonds is 3. The number of benzene rings is 1. The van der Waals surface area contributed by atoms with Crippen molar-refractivity contribution < 1.29 is 4.84 Å². The van der Waals surface area contributed by atoms with E-state index in [1.165, 1.54) is 0 Å². The average Bonchev–Trinajstić information content (AvgIpc) is 2.33. The van der Waals surface area contributed by atoms with E-state index in [2.05, 4.69) is 9.97 Å². The number of anilines is 2. The maximum Gasteiger partial charge on any atom is 0.254 e. The third-order valence-corrected chi connectivity index (χ3v) is 1.91. The number of aromatic nitrogens is 2. The van der Waals surface area contributed by atoms with E-state index in [-0.39, 0.29) is 0 Å².